The molecule has 0 aromatic heterocycles. The normalized spacial score (nSPS) is 17.5. The number of aliphatic hydroxyl groups is 1. The minimum atomic E-state index is -0.840. The standard InChI is InChI=1S/C13H16N2O4/c14-13(18)11-8-15(12(17)6-3-7-16)9-4-1-2-5-10(9)19-11/h1-2,4-5,11,16H,3,6-8H2,(H2,14,18). The first-order valence-electron chi connectivity index (χ1n) is 6.09. The monoisotopic (exact) mass is 264 g/mol. The summed E-state index contributed by atoms with van der Waals surface area (Å²) < 4.78 is 5.46. The van der Waals surface area contributed by atoms with Crippen molar-refractivity contribution in [2.45, 2.75) is 18.9 Å². The molecule has 102 valence electrons. The van der Waals surface area contributed by atoms with E-state index in [2.05, 4.69) is 0 Å². The maximum Gasteiger partial charge on any atom is 0.260 e. The molecule has 0 fully saturated rings. The number of benzene rings is 1. The van der Waals surface area contributed by atoms with Gasteiger partial charge in [-0.3, -0.25) is 9.59 Å². The molecule has 1 atom stereocenters. The summed E-state index contributed by atoms with van der Waals surface area (Å²) in [5.74, 6) is -0.291. The van der Waals surface area contributed by atoms with Crippen LogP contribution in [0.25, 0.3) is 0 Å². The van der Waals surface area contributed by atoms with Crippen molar-refractivity contribution in [3.05, 3.63) is 24.3 Å². The van der Waals surface area contributed by atoms with E-state index in [4.69, 9.17) is 15.6 Å². The highest BCUT2D eigenvalue weighted by atomic mass is 16.5. The van der Waals surface area contributed by atoms with Gasteiger partial charge in [-0.2, -0.15) is 0 Å². The zero-order chi connectivity index (χ0) is 13.8. The lowest BCUT2D eigenvalue weighted by Gasteiger charge is -2.33. The SMILES string of the molecule is NC(=O)C1CN(C(=O)CCCO)c2ccccc2O1. The van der Waals surface area contributed by atoms with Crippen molar-refractivity contribution in [2.24, 2.45) is 5.73 Å². The number of fused-ring (bicyclic) bond motifs is 1. The first kappa shape index (κ1) is 13.4. The zero-order valence-electron chi connectivity index (χ0n) is 10.4. The molecule has 0 spiro atoms. The minimum Gasteiger partial charge on any atom is -0.477 e. The lowest BCUT2D eigenvalue weighted by molar-refractivity contribution is -0.125. The smallest absolute Gasteiger partial charge is 0.260 e. The Kier molecular flexibility index (Phi) is 4.01. The van der Waals surface area contributed by atoms with E-state index in [1.165, 1.54) is 4.90 Å². The van der Waals surface area contributed by atoms with E-state index >= 15 is 0 Å². The average molecular weight is 264 g/mol. The Balaban J connectivity index is 2.26. The molecule has 2 rings (SSSR count). The number of hydrogen-bond acceptors (Lipinski definition) is 4. The fourth-order valence-corrected chi connectivity index (χ4v) is 1.98. The number of para-hydroxylation sites is 2. The van der Waals surface area contributed by atoms with Gasteiger partial charge in [-0.15, -0.1) is 0 Å². The molecular formula is C13H16N2O4. The molecule has 0 aliphatic carbocycles. The Hall–Kier alpha value is -2.08. The largest absolute Gasteiger partial charge is 0.477 e. The number of carbonyl (C=O) groups is 2. The summed E-state index contributed by atoms with van der Waals surface area (Å²) in [5, 5.41) is 8.78. The topological polar surface area (TPSA) is 92.9 Å². The van der Waals surface area contributed by atoms with Crippen LogP contribution < -0.4 is 15.4 Å². The predicted octanol–water partition coefficient (Wildman–Crippen LogP) is 0.0384. The van der Waals surface area contributed by atoms with Crippen LogP contribution in [0, 0.1) is 0 Å². The van der Waals surface area contributed by atoms with Crippen molar-refractivity contribution >= 4 is 17.5 Å². The number of amides is 2. The van der Waals surface area contributed by atoms with Crippen LogP contribution >= 0.6 is 0 Å². The Morgan fingerprint density at radius 1 is 1.42 bits per heavy atom. The van der Waals surface area contributed by atoms with Crippen LogP contribution in [0.1, 0.15) is 12.8 Å². The van der Waals surface area contributed by atoms with Crippen molar-refractivity contribution in [3.8, 4) is 5.75 Å². The second-order valence-corrected chi connectivity index (χ2v) is 4.31. The number of nitrogens with zero attached hydrogens (tertiary/aromatic N) is 1. The number of primary amides is 1. The predicted molar refractivity (Wildman–Crippen MR) is 68.7 cm³/mol. The maximum atomic E-state index is 12.1. The van der Waals surface area contributed by atoms with E-state index in [9.17, 15) is 9.59 Å². The number of nitrogens with two attached hydrogens (primary N) is 1. The second-order valence-electron chi connectivity index (χ2n) is 4.31. The highest BCUT2D eigenvalue weighted by molar-refractivity contribution is 5.97. The molecule has 2 amide bonds. The molecule has 1 heterocycles. The summed E-state index contributed by atoms with van der Waals surface area (Å²) in [6.45, 7) is 0.0631. The molecule has 1 aliphatic rings. The van der Waals surface area contributed by atoms with Crippen LogP contribution in [-0.4, -0.2) is 36.2 Å². The maximum absolute atomic E-state index is 12.1. The molecule has 0 bridgehead atoms. The van der Waals surface area contributed by atoms with Crippen LogP contribution in [0.4, 0.5) is 5.69 Å². The molecule has 0 saturated carbocycles. The summed E-state index contributed by atoms with van der Waals surface area (Å²) in [7, 11) is 0. The highest BCUT2D eigenvalue weighted by Crippen LogP contribution is 2.33. The molecule has 3 N–H and O–H groups in total. The Bertz CT molecular complexity index is 489. The van der Waals surface area contributed by atoms with Gasteiger partial charge in [0.1, 0.15) is 5.75 Å². The van der Waals surface area contributed by atoms with E-state index in [-0.39, 0.29) is 25.5 Å². The number of rotatable bonds is 4. The van der Waals surface area contributed by atoms with Gasteiger partial charge in [0.05, 0.1) is 12.2 Å². The molecule has 0 saturated heterocycles. The number of carbonyl (C=O) groups excluding carboxylic acids is 2. The number of aliphatic hydroxyl groups excluding tert-OH is 1. The third-order valence-electron chi connectivity index (χ3n) is 2.94. The quantitative estimate of drug-likeness (QED) is 0.803. The van der Waals surface area contributed by atoms with Crippen molar-refractivity contribution in [2.75, 3.05) is 18.1 Å². The van der Waals surface area contributed by atoms with Gasteiger partial charge >= 0.3 is 0 Å². The number of anilines is 1. The molecule has 6 heteroatoms. The lowest BCUT2D eigenvalue weighted by atomic mass is 10.1. The molecule has 6 nitrogen and oxygen atoms in total. The highest BCUT2D eigenvalue weighted by Gasteiger charge is 2.32. The van der Waals surface area contributed by atoms with E-state index in [1.807, 2.05) is 0 Å². The van der Waals surface area contributed by atoms with E-state index in [0.29, 0.717) is 17.9 Å². The van der Waals surface area contributed by atoms with Gasteiger partial charge in [0, 0.05) is 13.0 Å². The fraction of sp³-hybridized carbons (Fsp3) is 0.385. The van der Waals surface area contributed by atoms with Gasteiger partial charge in [0.15, 0.2) is 6.10 Å². The molecule has 1 aliphatic heterocycles. The number of hydrogen-bond donors (Lipinski definition) is 2. The van der Waals surface area contributed by atoms with Crippen molar-refractivity contribution in [3.63, 3.8) is 0 Å². The first-order chi connectivity index (χ1) is 9.13. The zero-order valence-corrected chi connectivity index (χ0v) is 10.4. The third-order valence-corrected chi connectivity index (χ3v) is 2.94. The summed E-state index contributed by atoms with van der Waals surface area (Å²) in [4.78, 5) is 24.9. The van der Waals surface area contributed by atoms with Gasteiger partial charge in [-0.25, -0.2) is 0 Å². The van der Waals surface area contributed by atoms with Gasteiger partial charge in [0.25, 0.3) is 5.91 Å². The van der Waals surface area contributed by atoms with Gasteiger partial charge in [0.2, 0.25) is 5.91 Å². The summed E-state index contributed by atoms with van der Waals surface area (Å²) in [6, 6.07) is 7.00. The summed E-state index contributed by atoms with van der Waals surface area (Å²) in [6.07, 6.45) is -0.233. The summed E-state index contributed by atoms with van der Waals surface area (Å²) >= 11 is 0. The molecule has 19 heavy (non-hydrogen) atoms. The van der Waals surface area contributed by atoms with Gasteiger partial charge < -0.3 is 20.5 Å². The van der Waals surface area contributed by atoms with Gasteiger partial charge in [-0.05, 0) is 18.6 Å². The van der Waals surface area contributed by atoms with Crippen LogP contribution in [-0.2, 0) is 9.59 Å². The van der Waals surface area contributed by atoms with Gasteiger partial charge in [-0.1, -0.05) is 12.1 Å². The molecule has 1 aromatic carbocycles. The average Bonchev–Trinajstić information content (AvgIpc) is 2.43. The first-order valence-corrected chi connectivity index (χ1v) is 6.09. The molecule has 0 radical (unpaired) electrons. The molecular weight excluding hydrogens is 248 g/mol. The van der Waals surface area contributed by atoms with Crippen LogP contribution in [0.3, 0.4) is 0 Å². The van der Waals surface area contributed by atoms with Crippen molar-refractivity contribution in [1.29, 1.82) is 0 Å². The molecule has 1 aromatic rings. The Morgan fingerprint density at radius 3 is 2.84 bits per heavy atom. The van der Waals surface area contributed by atoms with E-state index in [0.717, 1.165) is 0 Å². The van der Waals surface area contributed by atoms with E-state index in [1.54, 1.807) is 24.3 Å². The number of ether oxygens (including phenoxy) is 1. The Labute approximate surface area is 110 Å². The van der Waals surface area contributed by atoms with Crippen molar-refractivity contribution < 1.29 is 19.4 Å². The van der Waals surface area contributed by atoms with Crippen LogP contribution in [0.2, 0.25) is 0 Å². The van der Waals surface area contributed by atoms with E-state index < -0.39 is 12.0 Å². The second kappa shape index (κ2) is 5.71. The molecule has 1 unspecified atom stereocenters. The lowest BCUT2D eigenvalue weighted by Crippen LogP contribution is -2.49. The van der Waals surface area contributed by atoms with Crippen LogP contribution in [0.15, 0.2) is 24.3 Å². The van der Waals surface area contributed by atoms with Crippen molar-refractivity contribution in [1.82, 2.24) is 0 Å². The van der Waals surface area contributed by atoms with Crippen LogP contribution in [0.5, 0.6) is 5.75 Å². The summed E-state index contributed by atoms with van der Waals surface area (Å²) in [5.41, 5.74) is 5.87. The minimum absolute atomic E-state index is 0.0447. The third kappa shape index (κ3) is 2.85. The fourth-order valence-electron chi connectivity index (χ4n) is 1.98. The Morgan fingerprint density at radius 2 is 2.16 bits per heavy atom.